The summed E-state index contributed by atoms with van der Waals surface area (Å²) in [5, 5.41) is 11.9. The Morgan fingerprint density at radius 2 is 2.24 bits per heavy atom. The minimum atomic E-state index is -0.0142. The van der Waals surface area contributed by atoms with Gasteiger partial charge in [-0.2, -0.15) is 5.10 Å². The van der Waals surface area contributed by atoms with E-state index in [2.05, 4.69) is 26.8 Å². The smallest absolute Gasteiger partial charge is 0.225 e. The molecule has 1 amide bonds. The van der Waals surface area contributed by atoms with Crippen molar-refractivity contribution in [2.45, 2.75) is 25.8 Å². The van der Waals surface area contributed by atoms with E-state index in [4.69, 9.17) is 0 Å². The van der Waals surface area contributed by atoms with Gasteiger partial charge in [0.15, 0.2) is 5.82 Å². The van der Waals surface area contributed by atoms with Crippen molar-refractivity contribution < 1.29 is 4.79 Å². The van der Waals surface area contributed by atoms with Gasteiger partial charge in [-0.05, 0) is 24.1 Å². The van der Waals surface area contributed by atoms with Crippen LogP contribution < -0.4 is 10.6 Å². The topological polar surface area (TPSA) is 71.8 Å². The van der Waals surface area contributed by atoms with E-state index in [0.717, 1.165) is 41.5 Å². The number of aryl methyl sites for hydroxylation is 2. The third kappa shape index (κ3) is 3.25. The summed E-state index contributed by atoms with van der Waals surface area (Å²) in [6.45, 7) is 1.71. The normalized spacial score (nSPS) is 13.6. The van der Waals surface area contributed by atoms with E-state index in [0.29, 0.717) is 18.7 Å². The highest BCUT2D eigenvalue weighted by Crippen LogP contribution is 2.22. The number of amides is 1. The van der Waals surface area contributed by atoms with E-state index < -0.39 is 0 Å². The maximum Gasteiger partial charge on any atom is 0.225 e. The minimum Gasteiger partial charge on any atom is -0.312 e. The number of anilines is 1. The van der Waals surface area contributed by atoms with Gasteiger partial charge in [0.1, 0.15) is 0 Å². The molecule has 4 rings (SSSR count). The highest BCUT2D eigenvalue weighted by atomic mass is 16.1. The standard InChI is InChI=1S/C19H21N5O/c1-24-17-8-9-20-12-15(17)19(23-24)22-18(25)7-6-13-10-14-4-2-3-5-16(14)21-11-13/h2-5,10-11,20H,6-9,12H2,1H3,(H,22,23,25). The molecule has 1 aliphatic rings. The third-order valence-corrected chi connectivity index (χ3v) is 4.66. The summed E-state index contributed by atoms with van der Waals surface area (Å²) >= 11 is 0. The van der Waals surface area contributed by atoms with Gasteiger partial charge in [0, 0.05) is 55.8 Å². The van der Waals surface area contributed by atoms with E-state index in [9.17, 15) is 4.79 Å². The van der Waals surface area contributed by atoms with Crippen molar-refractivity contribution in [1.29, 1.82) is 0 Å². The summed E-state index contributed by atoms with van der Waals surface area (Å²) in [5.74, 6) is 0.672. The van der Waals surface area contributed by atoms with Crippen LogP contribution in [0.4, 0.5) is 5.82 Å². The highest BCUT2D eigenvalue weighted by Gasteiger charge is 2.20. The van der Waals surface area contributed by atoms with Gasteiger partial charge >= 0.3 is 0 Å². The van der Waals surface area contributed by atoms with Gasteiger partial charge in [-0.1, -0.05) is 18.2 Å². The molecule has 2 aromatic heterocycles. The molecule has 6 heteroatoms. The first kappa shape index (κ1) is 15.8. The molecule has 1 aromatic carbocycles. The SMILES string of the molecule is Cn1nc(NC(=O)CCc2cnc3ccccc3c2)c2c1CCNC2. The molecule has 0 radical (unpaired) electrons. The van der Waals surface area contributed by atoms with Crippen LogP contribution in [0.15, 0.2) is 36.5 Å². The first-order valence-corrected chi connectivity index (χ1v) is 8.60. The zero-order chi connectivity index (χ0) is 17.2. The molecular formula is C19H21N5O. The number of hydrogen-bond donors (Lipinski definition) is 2. The van der Waals surface area contributed by atoms with Gasteiger partial charge in [-0.15, -0.1) is 0 Å². The van der Waals surface area contributed by atoms with Crippen LogP contribution in [0, 0.1) is 0 Å². The van der Waals surface area contributed by atoms with E-state index in [1.165, 1.54) is 5.69 Å². The predicted octanol–water partition coefficient (Wildman–Crippen LogP) is 2.19. The minimum absolute atomic E-state index is 0.0142. The molecule has 3 aromatic rings. The van der Waals surface area contributed by atoms with Gasteiger partial charge < -0.3 is 10.6 Å². The summed E-state index contributed by atoms with van der Waals surface area (Å²) < 4.78 is 1.87. The number of hydrogen-bond acceptors (Lipinski definition) is 4. The largest absolute Gasteiger partial charge is 0.312 e. The summed E-state index contributed by atoms with van der Waals surface area (Å²) in [4.78, 5) is 16.8. The average molecular weight is 335 g/mol. The highest BCUT2D eigenvalue weighted by molar-refractivity contribution is 5.90. The van der Waals surface area contributed by atoms with Crippen LogP contribution in [0.3, 0.4) is 0 Å². The van der Waals surface area contributed by atoms with Crippen LogP contribution in [-0.4, -0.2) is 27.2 Å². The quantitative estimate of drug-likeness (QED) is 0.767. The third-order valence-electron chi connectivity index (χ3n) is 4.66. The molecule has 6 nitrogen and oxygen atoms in total. The number of aromatic nitrogens is 3. The Hall–Kier alpha value is -2.73. The Bertz CT molecular complexity index is 931. The van der Waals surface area contributed by atoms with Gasteiger partial charge in [0.05, 0.1) is 5.52 Å². The van der Waals surface area contributed by atoms with Crippen molar-refractivity contribution in [2.75, 3.05) is 11.9 Å². The molecule has 0 fully saturated rings. The van der Waals surface area contributed by atoms with Gasteiger partial charge in [-0.25, -0.2) is 0 Å². The molecule has 0 saturated heterocycles. The lowest BCUT2D eigenvalue weighted by Crippen LogP contribution is -2.25. The second kappa shape index (κ2) is 6.64. The van der Waals surface area contributed by atoms with E-state index >= 15 is 0 Å². The fourth-order valence-corrected chi connectivity index (χ4v) is 3.33. The monoisotopic (exact) mass is 335 g/mol. The number of para-hydroxylation sites is 1. The molecule has 1 aliphatic heterocycles. The Morgan fingerprint density at radius 1 is 1.36 bits per heavy atom. The van der Waals surface area contributed by atoms with Crippen molar-refractivity contribution in [3.63, 3.8) is 0 Å². The molecule has 3 heterocycles. The Kier molecular flexibility index (Phi) is 4.19. The van der Waals surface area contributed by atoms with Crippen molar-refractivity contribution in [1.82, 2.24) is 20.1 Å². The summed E-state index contributed by atoms with van der Waals surface area (Å²) in [6.07, 6.45) is 3.87. The summed E-state index contributed by atoms with van der Waals surface area (Å²) in [7, 11) is 1.93. The van der Waals surface area contributed by atoms with Crippen LogP contribution in [0.2, 0.25) is 0 Å². The number of fused-ring (bicyclic) bond motifs is 2. The predicted molar refractivity (Wildman–Crippen MR) is 97.3 cm³/mol. The molecule has 128 valence electrons. The Labute approximate surface area is 146 Å². The average Bonchev–Trinajstić information content (AvgIpc) is 2.96. The zero-order valence-corrected chi connectivity index (χ0v) is 14.2. The van der Waals surface area contributed by atoms with Crippen molar-refractivity contribution in [2.24, 2.45) is 7.05 Å². The molecular weight excluding hydrogens is 314 g/mol. The fourth-order valence-electron chi connectivity index (χ4n) is 3.33. The van der Waals surface area contributed by atoms with Crippen LogP contribution >= 0.6 is 0 Å². The first-order valence-electron chi connectivity index (χ1n) is 8.60. The zero-order valence-electron chi connectivity index (χ0n) is 14.2. The number of benzene rings is 1. The molecule has 25 heavy (non-hydrogen) atoms. The number of carbonyl (C=O) groups excluding carboxylic acids is 1. The lowest BCUT2D eigenvalue weighted by atomic mass is 10.1. The Balaban J connectivity index is 1.42. The Morgan fingerprint density at radius 3 is 3.16 bits per heavy atom. The molecule has 0 unspecified atom stereocenters. The second-order valence-electron chi connectivity index (χ2n) is 6.41. The number of carbonyl (C=O) groups is 1. The van der Waals surface area contributed by atoms with Crippen LogP contribution in [0.5, 0.6) is 0 Å². The van der Waals surface area contributed by atoms with E-state index in [1.54, 1.807) is 0 Å². The van der Waals surface area contributed by atoms with Gasteiger partial charge in [0.2, 0.25) is 5.91 Å². The maximum atomic E-state index is 12.3. The van der Waals surface area contributed by atoms with Crippen molar-refractivity contribution in [3.8, 4) is 0 Å². The molecule has 2 N–H and O–H groups in total. The van der Waals surface area contributed by atoms with E-state index in [-0.39, 0.29) is 5.91 Å². The van der Waals surface area contributed by atoms with Crippen LogP contribution in [-0.2, 0) is 31.2 Å². The maximum absolute atomic E-state index is 12.3. The summed E-state index contributed by atoms with van der Waals surface area (Å²) in [5.41, 5.74) is 4.35. The number of nitrogens with one attached hydrogen (secondary N) is 2. The van der Waals surface area contributed by atoms with Crippen LogP contribution in [0.25, 0.3) is 10.9 Å². The van der Waals surface area contributed by atoms with E-state index in [1.807, 2.05) is 42.2 Å². The number of rotatable bonds is 4. The van der Waals surface area contributed by atoms with Crippen LogP contribution in [0.1, 0.15) is 23.2 Å². The molecule has 0 bridgehead atoms. The van der Waals surface area contributed by atoms with Crippen molar-refractivity contribution in [3.05, 3.63) is 53.3 Å². The summed E-state index contributed by atoms with van der Waals surface area (Å²) in [6, 6.07) is 10.1. The lowest BCUT2D eigenvalue weighted by Gasteiger charge is -2.14. The lowest BCUT2D eigenvalue weighted by molar-refractivity contribution is -0.116. The molecule has 0 spiro atoms. The first-order chi connectivity index (χ1) is 12.2. The number of pyridine rings is 1. The molecule has 0 saturated carbocycles. The van der Waals surface area contributed by atoms with Gasteiger partial charge in [-0.3, -0.25) is 14.5 Å². The second-order valence-corrected chi connectivity index (χ2v) is 6.41. The molecule has 0 aliphatic carbocycles. The fraction of sp³-hybridized carbons (Fsp3) is 0.316. The van der Waals surface area contributed by atoms with Gasteiger partial charge in [0.25, 0.3) is 0 Å². The number of nitrogens with zero attached hydrogens (tertiary/aromatic N) is 3. The molecule has 0 atom stereocenters. The van der Waals surface area contributed by atoms with Crippen molar-refractivity contribution >= 4 is 22.6 Å².